The van der Waals surface area contributed by atoms with Crippen molar-refractivity contribution >= 4 is 28.6 Å². The molecule has 2 fully saturated rings. The molecule has 3 aromatic rings. The quantitative estimate of drug-likeness (QED) is 0.497. The van der Waals surface area contributed by atoms with E-state index < -0.39 is 29.7 Å². The van der Waals surface area contributed by atoms with Gasteiger partial charge in [-0.05, 0) is 44.0 Å². The third-order valence-electron chi connectivity index (χ3n) is 6.53. The second-order valence-corrected chi connectivity index (χ2v) is 9.31. The van der Waals surface area contributed by atoms with Gasteiger partial charge in [-0.15, -0.1) is 0 Å². The van der Waals surface area contributed by atoms with Gasteiger partial charge in [0.15, 0.2) is 11.5 Å². The van der Waals surface area contributed by atoms with Crippen LogP contribution in [-0.2, 0) is 15.8 Å². The van der Waals surface area contributed by atoms with Crippen LogP contribution in [-0.4, -0.2) is 64.2 Å². The van der Waals surface area contributed by atoms with Gasteiger partial charge in [0.25, 0.3) is 5.91 Å². The van der Waals surface area contributed by atoms with Crippen LogP contribution in [0.3, 0.4) is 0 Å². The number of imide groups is 1. The maximum atomic E-state index is 13.4. The van der Waals surface area contributed by atoms with Gasteiger partial charge in [-0.2, -0.15) is 13.2 Å². The van der Waals surface area contributed by atoms with Gasteiger partial charge in [0.1, 0.15) is 23.5 Å². The number of hydrogen-bond acceptors (Lipinski definition) is 8. The Bertz CT molecular complexity index is 1450. The second-order valence-electron chi connectivity index (χ2n) is 9.31. The Hall–Kier alpha value is -4.00. The van der Waals surface area contributed by atoms with Crippen LogP contribution in [0.15, 0.2) is 28.7 Å². The third kappa shape index (κ3) is 4.57. The Balaban J connectivity index is 1.50. The summed E-state index contributed by atoms with van der Waals surface area (Å²) in [6.45, 7) is 1.49. The first-order valence-electron chi connectivity index (χ1n) is 11.9. The van der Waals surface area contributed by atoms with E-state index in [1.807, 2.05) is 0 Å². The number of nitrogens with zero attached hydrogens (tertiary/aromatic N) is 4. The molecule has 5 rings (SSSR count). The Morgan fingerprint density at radius 1 is 1.16 bits per heavy atom. The molecule has 2 aromatic heterocycles. The summed E-state index contributed by atoms with van der Waals surface area (Å²) in [6.07, 6.45) is -3.14. The Labute approximate surface area is 214 Å². The zero-order chi connectivity index (χ0) is 27.4. The molecule has 10 nitrogen and oxygen atoms in total. The van der Waals surface area contributed by atoms with Crippen LogP contribution in [0, 0.1) is 5.92 Å². The molecule has 1 saturated carbocycles. The van der Waals surface area contributed by atoms with Gasteiger partial charge in [0.2, 0.25) is 17.7 Å². The first kappa shape index (κ1) is 25.6. The summed E-state index contributed by atoms with van der Waals surface area (Å²) in [5.74, 6) is -1.29. The molecule has 3 amide bonds. The minimum absolute atomic E-state index is 0.0521. The first-order valence-corrected chi connectivity index (χ1v) is 11.9. The average Bonchev–Trinajstić information content (AvgIpc) is 3.64. The highest BCUT2D eigenvalue weighted by atomic mass is 19.4. The Morgan fingerprint density at radius 3 is 2.50 bits per heavy atom. The number of aromatic nitrogens is 2. The van der Waals surface area contributed by atoms with Crippen molar-refractivity contribution in [3.8, 4) is 17.2 Å². The fraction of sp³-hybridized carbons (Fsp3) is 0.400. The van der Waals surface area contributed by atoms with Crippen molar-refractivity contribution in [3.63, 3.8) is 0 Å². The molecule has 1 aliphatic carbocycles. The third-order valence-corrected chi connectivity index (χ3v) is 6.53. The standard InChI is InChI=1S/C25H24F3N5O5/c1-12(29)21-20(24(36)32-9-10-33(18(34)11-32)23(35)13-3-4-13)31-22(38-21)15-5-7-16(37-2)19-14(15)6-8-17(30-19)25(26,27)28/h5-8,12-13H,3-4,9-11,29H2,1-2H3/t12-/m0/s1. The van der Waals surface area contributed by atoms with Crippen LogP contribution < -0.4 is 10.5 Å². The number of oxazole rings is 1. The summed E-state index contributed by atoms with van der Waals surface area (Å²) in [5, 5.41) is 0.260. The van der Waals surface area contributed by atoms with E-state index in [-0.39, 0.29) is 71.0 Å². The molecule has 3 heterocycles. The van der Waals surface area contributed by atoms with E-state index in [1.165, 1.54) is 35.1 Å². The molecule has 1 atom stereocenters. The van der Waals surface area contributed by atoms with Crippen LogP contribution in [0.25, 0.3) is 22.4 Å². The Morgan fingerprint density at radius 2 is 1.89 bits per heavy atom. The van der Waals surface area contributed by atoms with E-state index in [0.717, 1.165) is 18.9 Å². The Kier molecular flexibility index (Phi) is 6.33. The molecule has 0 radical (unpaired) electrons. The summed E-state index contributed by atoms with van der Waals surface area (Å²) in [5.41, 5.74) is 5.05. The van der Waals surface area contributed by atoms with Crippen molar-refractivity contribution in [3.05, 3.63) is 41.4 Å². The molecule has 0 spiro atoms. The minimum Gasteiger partial charge on any atom is -0.494 e. The number of pyridine rings is 1. The number of amides is 3. The molecule has 38 heavy (non-hydrogen) atoms. The highest BCUT2D eigenvalue weighted by molar-refractivity contribution is 6.03. The van der Waals surface area contributed by atoms with Crippen LogP contribution in [0.5, 0.6) is 5.75 Å². The lowest BCUT2D eigenvalue weighted by atomic mass is 10.1. The highest BCUT2D eigenvalue weighted by Gasteiger charge is 2.40. The number of benzene rings is 1. The summed E-state index contributed by atoms with van der Waals surface area (Å²) in [4.78, 5) is 48.9. The molecule has 2 aliphatic rings. The van der Waals surface area contributed by atoms with Crippen molar-refractivity contribution < 1.29 is 36.7 Å². The van der Waals surface area contributed by atoms with Gasteiger partial charge >= 0.3 is 6.18 Å². The monoisotopic (exact) mass is 531 g/mol. The molecule has 1 saturated heterocycles. The van der Waals surface area contributed by atoms with E-state index in [9.17, 15) is 27.6 Å². The normalized spacial score (nSPS) is 17.2. The van der Waals surface area contributed by atoms with Crippen molar-refractivity contribution in [2.45, 2.75) is 32.0 Å². The van der Waals surface area contributed by atoms with E-state index in [0.29, 0.717) is 0 Å². The van der Waals surface area contributed by atoms with E-state index in [4.69, 9.17) is 14.9 Å². The molecule has 1 aromatic carbocycles. The average molecular weight is 531 g/mol. The molecular weight excluding hydrogens is 507 g/mol. The van der Waals surface area contributed by atoms with Gasteiger partial charge in [0, 0.05) is 30.0 Å². The molecule has 0 bridgehead atoms. The predicted octanol–water partition coefficient (Wildman–Crippen LogP) is 3.16. The topological polar surface area (TPSA) is 132 Å². The number of halogens is 3. The number of carbonyl (C=O) groups excluding carboxylic acids is 3. The molecule has 200 valence electrons. The van der Waals surface area contributed by atoms with Crippen LogP contribution in [0.2, 0.25) is 0 Å². The lowest BCUT2D eigenvalue weighted by Crippen LogP contribution is -2.54. The number of nitrogens with two attached hydrogens (primary N) is 1. The van der Waals surface area contributed by atoms with E-state index in [1.54, 1.807) is 6.92 Å². The van der Waals surface area contributed by atoms with Gasteiger partial charge in [-0.1, -0.05) is 0 Å². The van der Waals surface area contributed by atoms with Crippen LogP contribution in [0.4, 0.5) is 13.2 Å². The van der Waals surface area contributed by atoms with Gasteiger partial charge in [-0.25, -0.2) is 9.97 Å². The maximum absolute atomic E-state index is 13.4. The van der Waals surface area contributed by atoms with E-state index in [2.05, 4.69) is 9.97 Å². The predicted molar refractivity (Wildman–Crippen MR) is 127 cm³/mol. The molecular formula is C25H24F3N5O5. The number of alkyl halides is 3. The zero-order valence-corrected chi connectivity index (χ0v) is 20.5. The number of fused-ring (bicyclic) bond motifs is 1. The van der Waals surface area contributed by atoms with Crippen molar-refractivity contribution in [1.82, 2.24) is 19.8 Å². The van der Waals surface area contributed by atoms with Crippen molar-refractivity contribution in [1.29, 1.82) is 0 Å². The number of ether oxygens (including phenoxy) is 1. The van der Waals surface area contributed by atoms with Crippen molar-refractivity contribution in [2.24, 2.45) is 11.7 Å². The fourth-order valence-electron chi connectivity index (χ4n) is 4.39. The number of rotatable bonds is 5. The van der Waals surface area contributed by atoms with Gasteiger partial charge < -0.3 is 19.8 Å². The van der Waals surface area contributed by atoms with Crippen molar-refractivity contribution in [2.75, 3.05) is 26.7 Å². The SMILES string of the molecule is COc1ccc(-c2nc(C(=O)N3CCN(C(=O)C4CC4)C(=O)C3)c([C@H](C)N)o2)c2ccc(C(F)(F)F)nc12. The summed E-state index contributed by atoms with van der Waals surface area (Å²) >= 11 is 0. The number of methoxy groups -OCH3 is 1. The summed E-state index contributed by atoms with van der Waals surface area (Å²) in [6, 6.07) is 4.27. The molecule has 1 aliphatic heterocycles. The van der Waals surface area contributed by atoms with Crippen LogP contribution >= 0.6 is 0 Å². The first-order chi connectivity index (χ1) is 18.0. The smallest absolute Gasteiger partial charge is 0.433 e. The summed E-state index contributed by atoms with van der Waals surface area (Å²) in [7, 11) is 1.31. The summed E-state index contributed by atoms with van der Waals surface area (Å²) < 4.78 is 50.9. The highest BCUT2D eigenvalue weighted by Crippen LogP contribution is 2.38. The van der Waals surface area contributed by atoms with Gasteiger partial charge in [-0.3, -0.25) is 19.3 Å². The largest absolute Gasteiger partial charge is 0.494 e. The molecule has 13 heteroatoms. The maximum Gasteiger partial charge on any atom is 0.433 e. The molecule has 0 unspecified atom stereocenters. The van der Waals surface area contributed by atoms with Gasteiger partial charge in [0.05, 0.1) is 13.2 Å². The number of carbonyl (C=O) groups is 3. The minimum atomic E-state index is -4.66. The second kappa shape index (κ2) is 9.39. The van der Waals surface area contributed by atoms with E-state index >= 15 is 0 Å². The lowest BCUT2D eigenvalue weighted by molar-refractivity contribution is -0.148. The fourth-order valence-corrected chi connectivity index (χ4v) is 4.39. The molecule has 2 N–H and O–H groups in total. The number of hydrogen-bond donors (Lipinski definition) is 1. The number of piperazine rings is 1. The lowest BCUT2D eigenvalue weighted by Gasteiger charge is -2.33. The zero-order valence-electron chi connectivity index (χ0n) is 20.5. The van der Waals surface area contributed by atoms with Crippen LogP contribution in [0.1, 0.15) is 47.7 Å².